The van der Waals surface area contributed by atoms with E-state index in [-0.39, 0.29) is 17.5 Å². The van der Waals surface area contributed by atoms with Crippen molar-refractivity contribution >= 4 is 34.1 Å². The van der Waals surface area contributed by atoms with E-state index in [1.165, 1.54) is 0 Å². The molecule has 0 aliphatic rings. The minimum Gasteiger partial charge on any atom is -0.497 e. The van der Waals surface area contributed by atoms with Crippen molar-refractivity contribution in [3.8, 4) is 16.9 Å². The summed E-state index contributed by atoms with van der Waals surface area (Å²) in [5.74, 6) is 1.42. The van der Waals surface area contributed by atoms with Crippen LogP contribution in [0.15, 0.2) is 59.5 Å². The van der Waals surface area contributed by atoms with Crippen molar-refractivity contribution in [2.45, 2.75) is 13.0 Å². The number of nitrogens with one attached hydrogen (secondary N) is 2. The van der Waals surface area contributed by atoms with E-state index >= 15 is 0 Å². The Labute approximate surface area is 177 Å². The number of nitrogens with two attached hydrogens (primary N) is 1. The van der Waals surface area contributed by atoms with E-state index in [0.29, 0.717) is 21.9 Å². The van der Waals surface area contributed by atoms with Gasteiger partial charge in [-0.1, -0.05) is 35.9 Å². The van der Waals surface area contributed by atoms with Crippen molar-refractivity contribution in [2.75, 3.05) is 18.2 Å². The highest BCUT2D eigenvalue weighted by Gasteiger charge is 2.15. The topological polar surface area (TPSA) is 106 Å². The number of benzene rings is 2. The first-order valence-corrected chi connectivity index (χ1v) is 9.69. The van der Waals surface area contributed by atoms with Gasteiger partial charge in [0.15, 0.2) is 0 Å². The average molecular weight is 422 g/mol. The summed E-state index contributed by atoms with van der Waals surface area (Å²) in [5, 5.41) is 5.00. The van der Waals surface area contributed by atoms with E-state index in [2.05, 4.69) is 20.3 Å². The maximum atomic E-state index is 12.6. The number of pyridine rings is 1. The van der Waals surface area contributed by atoms with Crippen molar-refractivity contribution < 1.29 is 4.74 Å². The Balaban J connectivity index is 1.73. The zero-order valence-corrected chi connectivity index (χ0v) is 17.2. The zero-order valence-electron chi connectivity index (χ0n) is 16.4. The van der Waals surface area contributed by atoms with Crippen LogP contribution in [0.25, 0.3) is 21.9 Å². The number of anilines is 2. The molecule has 4 aromatic rings. The summed E-state index contributed by atoms with van der Waals surface area (Å²) in [5.41, 5.74) is 7.93. The zero-order chi connectivity index (χ0) is 21.3. The van der Waals surface area contributed by atoms with Gasteiger partial charge in [0.25, 0.3) is 5.56 Å². The highest BCUT2D eigenvalue weighted by Crippen LogP contribution is 2.31. The van der Waals surface area contributed by atoms with Crippen LogP contribution in [0.3, 0.4) is 0 Å². The minimum atomic E-state index is -0.264. The predicted octanol–water partition coefficient (Wildman–Crippen LogP) is 4.40. The lowest BCUT2D eigenvalue weighted by Crippen LogP contribution is -2.17. The van der Waals surface area contributed by atoms with Crippen LogP contribution in [-0.4, -0.2) is 22.1 Å². The molecule has 0 aliphatic heterocycles. The number of H-pyrrole nitrogens is 1. The number of aromatic nitrogens is 3. The Morgan fingerprint density at radius 1 is 1.20 bits per heavy atom. The van der Waals surface area contributed by atoms with Crippen LogP contribution in [0.4, 0.5) is 11.8 Å². The third-order valence-corrected chi connectivity index (χ3v) is 5.16. The Hall–Kier alpha value is -3.58. The summed E-state index contributed by atoms with van der Waals surface area (Å²) < 4.78 is 5.32. The van der Waals surface area contributed by atoms with E-state index < -0.39 is 0 Å². The molecule has 152 valence electrons. The number of hydrogen-bond donors (Lipinski definition) is 3. The number of ether oxygens (including phenoxy) is 1. The van der Waals surface area contributed by atoms with Crippen LogP contribution >= 0.6 is 11.6 Å². The molecule has 0 fully saturated rings. The standard InChI is InChI=1S/C22H20ClN5O2/c1-12(18-10-14-6-4-8-17(23)19(14)21(29)27-18)26-20-16(11-25-22(24)28-20)13-5-3-7-15(9-13)30-2/h3-12H,1-2H3,(H,27,29)(H3,24,25,26,28)/t12-/m0/s1. The van der Waals surface area contributed by atoms with Gasteiger partial charge in [-0.2, -0.15) is 4.98 Å². The summed E-state index contributed by atoms with van der Waals surface area (Å²) in [6.45, 7) is 1.93. The number of aromatic amines is 1. The number of nitrogens with zero attached hydrogens (tertiary/aromatic N) is 2. The maximum Gasteiger partial charge on any atom is 0.257 e. The lowest BCUT2D eigenvalue weighted by molar-refractivity contribution is 0.415. The molecule has 2 heterocycles. The molecule has 0 amide bonds. The smallest absolute Gasteiger partial charge is 0.257 e. The fourth-order valence-corrected chi connectivity index (χ4v) is 3.59. The van der Waals surface area contributed by atoms with Crippen LogP contribution < -0.4 is 21.3 Å². The van der Waals surface area contributed by atoms with Crippen LogP contribution in [0, 0.1) is 0 Å². The first kappa shape index (κ1) is 19.7. The molecule has 0 radical (unpaired) electrons. The number of nitrogen functional groups attached to an aromatic ring is 1. The molecule has 2 aromatic carbocycles. The van der Waals surface area contributed by atoms with Gasteiger partial charge >= 0.3 is 0 Å². The number of methoxy groups -OCH3 is 1. The Morgan fingerprint density at radius 3 is 2.80 bits per heavy atom. The second kappa shape index (κ2) is 8.04. The lowest BCUT2D eigenvalue weighted by Gasteiger charge is -2.18. The van der Waals surface area contributed by atoms with Crippen molar-refractivity contribution in [3.63, 3.8) is 0 Å². The third kappa shape index (κ3) is 3.79. The van der Waals surface area contributed by atoms with Crippen molar-refractivity contribution in [1.82, 2.24) is 15.0 Å². The molecule has 0 bridgehead atoms. The SMILES string of the molecule is COc1cccc(-c2cnc(N)nc2N[C@@H](C)c2cc3cccc(Cl)c3c(=O)[nH]2)c1. The molecule has 0 unspecified atom stereocenters. The number of halogens is 1. The van der Waals surface area contributed by atoms with Gasteiger partial charge in [0.05, 0.1) is 23.6 Å². The quantitative estimate of drug-likeness (QED) is 0.441. The van der Waals surface area contributed by atoms with Crippen LogP contribution in [0.2, 0.25) is 5.02 Å². The first-order chi connectivity index (χ1) is 14.5. The molecule has 4 rings (SSSR count). The molecule has 0 saturated heterocycles. The van der Waals surface area contributed by atoms with E-state index in [9.17, 15) is 4.79 Å². The third-order valence-electron chi connectivity index (χ3n) is 4.85. The van der Waals surface area contributed by atoms with Gasteiger partial charge in [-0.25, -0.2) is 4.98 Å². The molecule has 4 N–H and O–H groups in total. The molecule has 0 aliphatic carbocycles. The molecule has 0 spiro atoms. The van der Waals surface area contributed by atoms with Crippen LogP contribution in [-0.2, 0) is 0 Å². The van der Waals surface area contributed by atoms with Gasteiger partial charge in [-0.05, 0) is 42.1 Å². The molecule has 2 aromatic heterocycles. The summed E-state index contributed by atoms with van der Waals surface area (Å²) in [4.78, 5) is 24.0. The minimum absolute atomic E-state index is 0.148. The molecule has 1 atom stereocenters. The van der Waals surface area contributed by atoms with Crippen molar-refractivity contribution in [1.29, 1.82) is 0 Å². The van der Waals surface area contributed by atoms with E-state index in [1.807, 2.05) is 49.4 Å². The predicted molar refractivity (Wildman–Crippen MR) is 120 cm³/mol. The van der Waals surface area contributed by atoms with E-state index in [0.717, 1.165) is 22.3 Å². The van der Waals surface area contributed by atoms with Gasteiger partial charge in [-0.3, -0.25) is 4.79 Å². The summed E-state index contributed by atoms with van der Waals surface area (Å²) in [6.07, 6.45) is 1.66. The first-order valence-electron chi connectivity index (χ1n) is 9.31. The summed E-state index contributed by atoms with van der Waals surface area (Å²) >= 11 is 6.18. The number of hydrogen-bond acceptors (Lipinski definition) is 6. The average Bonchev–Trinajstić information content (AvgIpc) is 2.73. The second-order valence-electron chi connectivity index (χ2n) is 6.85. The molecule has 7 nitrogen and oxygen atoms in total. The monoisotopic (exact) mass is 421 g/mol. The Morgan fingerprint density at radius 2 is 2.00 bits per heavy atom. The largest absolute Gasteiger partial charge is 0.497 e. The lowest BCUT2D eigenvalue weighted by atomic mass is 10.1. The molecule has 0 saturated carbocycles. The highest BCUT2D eigenvalue weighted by atomic mass is 35.5. The molecule has 8 heteroatoms. The Kier molecular flexibility index (Phi) is 5.29. The van der Waals surface area contributed by atoms with Gasteiger partial charge in [-0.15, -0.1) is 0 Å². The van der Waals surface area contributed by atoms with Gasteiger partial charge in [0, 0.05) is 17.5 Å². The maximum absolute atomic E-state index is 12.6. The van der Waals surface area contributed by atoms with E-state index in [1.54, 1.807) is 19.4 Å². The fraction of sp³-hybridized carbons (Fsp3) is 0.136. The van der Waals surface area contributed by atoms with Crippen molar-refractivity contribution in [3.05, 3.63) is 75.8 Å². The highest BCUT2D eigenvalue weighted by molar-refractivity contribution is 6.35. The summed E-state index contributed by atoms with van der Waals surface area (Å²) in [7, 11) is 1.61. The fourth-order valence-electron chi connectivity index (χ4n) is 3.32. The molecule has 30 heavy (non-hydrogen) atoms. The molecular weight excluding hydrogens is 402 g/mol. The van der Waals surface area contributed by atoms with Gasteiger partial charge in [0.2, 0.25) is 5.95 Å². The van der Waals surface area contributed by atoms with Gasteiger partial charge in [0.1, 0.15) is 11.6 Å². The number of rotatable bonds is 5. The number of fused-ring (bicyclic) bond motifs is 1. The van der Waals surface area contributed by atoms with Crippen LogP contribution in [0.1, 0.15) is 18.7 Å². The molecular formula is C22H20ClN5O2. The van der Waals surface area contributed by atoms with Crippen molar-refractivity contribution in [2.24, 2.45) is 0 Å². The normalized spacial score (nSPS) is 12.0. The second-order valence-corrected chi connectivity index (χ2v) is 7.25. The Bertz CT molecular complexity index is 1290. The van der Waals surface area contributed by atoms with E-state index in [4.69, 9.17) is 22.1 Å². The van der Waals surface area contributed by atoms with Gasteiger partial charge < -0.3 is 20.8 Å². The van der Waals surface area contributed by atoms with Crippen LogP contribution in [0.5, 0.6) is 5.75 Å². The summed E-state index contributed by atoms with van der Waals surface area (Å²) in [6, 6.07) is 14.6.